The van der Waals surface area contributed by atoms with Crippen LogP contribution in [0, 0.1) is 11.6 Å². The molecule has 0 saturated heterocycles. The molecule has 0 bridgehead atoms. The van der Waals surface area contributed by atoms with E-state index in [1.54, 1.807) is 36.4 Å². The van der Waals surface area contributed by atoms with Crippen molar-refractivity contribution in [2.24, 2.45) is 0 Å². The molecule has 0 spiro atoms. The number of aromatic nitrogens is 3. The zero-order valence-corrected chi connectivity index (χ0v) is 19.1. The normalized spacial score (nSPS) is 14.4. The Morgan fingerprint density at radius 2 is 1.65 bits per heavy atom. The Bertz CT molecular complexity index is 1510. The molecule has 34 heavy (non-hydrogen) atoms. The van der Waals surface area contributed by atoms with Crippen LogP contribution in [-0.4, -0.2) is 45.7 Å². The highest BCUT2D eigenvalue weighted by atomic mass is 32.2. The fourth-order valence-electron chi connectivity index (χ4n) is 3.69. The Balaban J connectivity index is 1.45. The Hall–Kier alpha value is -3.57. The van der Waals surface area contributed by atoms with Crippen molar-refractivity contribution in [3.05, 3.63) is 90.0 Å². The number of carbonyl (C=O) groups excluding carboxylic acids is 1. The molecule has 0 unspecified atom stereocenters. The van der Waals surface area contributed by atoms with Gasteiger partial charge in [0.2, 0.25) is 0 Å². The number of thioether (sulfide) groups is 1. The van der Waals surface area contributed by atoms with Crippen molar-refractivity contribution in [2.45, 2.75) is 10.1 Å². The molecule has 0 atom stereocenters. The van der Waals surface area contributed by atoms with Gasteiger partial charge in [-0.25, -0.2) is 21.5 Å². The van der Waals surface area contributed by atoms with Gasteiger partial charge in [-0.15, -0.1) is 10.2 Å². The van der Waals surface area contributed by atoms with Gasteiger partial charge in [0.25, 0.3) is 15.9 Å². The van der Waals surface area contributed by atoms with Crippen LogP contribution in [0.3, 0.4) is 0 Å². The first-order valence-corrected chi connectivity index (χ1v) is 12.6. The van der Waals surface area contributed by atoms with E-state index < -0.39 is 27.6 Å². The molecule has 172 valence electrons. The first-order valence-electron chi connectivity index (χ1n) is 10.1. The van der Waals surface area contributed by atoms with Crippen molar-refractivity contribution in [3.63, 3.8) is 0 Å². The van der Waals surface area contributed by atoms with E-state index in [0.717, 1.165) is 28.2 Å². The molecular formula is C23H16F2N4O3S2. The molecular weight excluding hydrogens is 482 g/mol. The van der Waals surface area contributed by atoms with E-state index in [1.165, 1.54) is 22.8 Å². The van der Waals surface area contributed by atoms with Crippen molar-refractivity contribution in [2.75, 3.05) is 12.3 Å². The number of amides is 1. The first kappa shape index (κ1) is 22.2. The second kappa shape index (κ2) is 8.65. The van der Waals surface area contributed by atoms with Gasteiger partial charge < -0.3 is 0 Å². The lowest BCUT2D eigenvalue weighted by Crippen LogP contribution is -2.32. The number of halogens is 2. The predicted octanol–water partition coefficient (Wildman–Crippen LogP) is 4.15. The molecule has 1 aliphatic rings. The van der Waals surface area contributed by atoms with Crippen LogP contribution in [0.25, 0.3) is 17.1 Å². The fraction of sp³-hybridized carbons (Fsp3) is 0.0870. The third kappa shape index (κ3) is 3.76. The fourth-order valence-corrected chi connectivity index (χ4v) is 6.24. The zero-order chi connectivity index (χ0) is 23.9. The minimum atomic E-state index is -3.94. The van der Waals surface area contributed by atoms with E-state index in [2.05, 4.69) is 10.2 Å². The summed E-state index contributed by atoms with van der Waals surface area (Å²) in [6, 6.07) is 18.2. The van der Waals surface area contributed by atoms with Gasteiger partial charge in [-0.05, 0) is 24.3 Å². The van der Waals surface area contributed by atoms with Crippen LogP contribution in [0.2, 0.25) is 0 Å². The maximum absolute atomic E-state index is 14.7. The maximum Gasteiger partial charge on any atom is 0.269 e. The third-order valence-electron chi connectivity index (χ3n) is 5.25. The van der Waals surface area contributed by atoms with Gasteiger partial charge in [0.1, 0.15) is 16.5 Å². The van der Waals surface area contributed by atoms with Crippen LogP contribution < -0.4 is 0 Å². The summed E-state index contributed by atoms with van der Waals surface area (Å²) in [7, 11) is -3.94. The Labute approximate surface area is 198 Å². The van der Waals surface area contributed by atoms with Crippen LogP contribution in [0.1, 0.15) is 10.4 Å². The second-order valence-electron chi connectivity index (χ2n) is 7.33. The van der Waals surface area contributed by atoms with Crippen molar-refractivity contribution >= 4 is 27.7 Å². The molecule has 1 aromatic heterocycles. The Morgan fingerprint density at radius 1 is 0.912 bits per heavy atom. The number of sulfonamides is 1. The molecule has 0 radical (unpaired) electrons. The van der Waals surface area contributed by atoms with Gasteiger partial charge in [-0.3, -0.25) is 9.36 Å². The summed E-state index contributed by atoms with van der Waals surface area (Å²) in [5.74, 6) is -1.62. The molecule has 0 saturated carbocycles. The Kier molecular flexibility index (Phi) is 5.66. The molecule has 5 rings (SSSR count). The van der Waals surface area contributed by atoms with E-state index in [-0.39, 0.29) is 33.6 Å². The number of hydrogen-bond acceptors (Lipinski definition) is 6. The summed E-state index contributed by atoms with van der Waals surface area (Å²) in [5.41, 5.74) is 0.846. The summed E-state index contributed by atoms with van der Waals surface area (Å²) in [6.45, 7) is -0.111. The quantitative estimate of drug-likeness (QED) is 0.372. The van der Waals surface area contributed by atoms with Crippen LogP contribution in [0.4, 0.5) is 8.78 Å². The summed E-state index contributed by atoms with van der Waals surface area (Å²) in [6.07, 6.45) is 0. The van der Waals surface area contributed by atoms with Crippen LogP contribution in [0.5, 0.6) is 0 Å². The molecule has 0 fully saturated rings. The van der Waals surface area contributed by atoms with Gasteiger partial charge in [0, 0.05) is 23.9 Å². The van der Waals surface area contributed by atoms with Gasteiger partial charge in [-0.1, -0.05) is 54.2 Å². The molecule has 7 nitrogen and oxygen atoms in total. The van der Waals surface area contributed by atoms with Gasteiger partial charge in [0.05, 0.1) is 11.3 Å². The number of nitrogens with zero attached hydrogens (tertiary/aromatic N) is 4. The molecule has 0 N–H and O–H groups in total. The highest BCUT2D eigenvalue weighted by Crippen LogP contribution is 2.32. The Morgan fingerprint density at radius 3 is 2.38 bits per heavy atom. The summed E-state index contributed by atoms with van der Waals surface area (Å²) >= 11 is 1.11. The summed E-state index contributed by atoms with van der Waals surface area (Å²) in [5, 5.41) is 8.61. The third-order valence-corrected chi connectivity index (χ3v) is 8.00. The number of rotatable bonds is 6. The highest BCUT2D eigenvalue weighted by Gasteiger charge is 2.40. The number of carbonyl (C=O) groups is 1. The van der Waals surface area contributed by atoms with Gasteiger partial charge in [-0.2, -0.15) is 0 Å². The summed E-state index contributed by atoms with van der Waals surface area (Å²) in [4.78, 5) is 12.6. The van der Waals surface area contributed by atoms with Gasteiger partial charge >= 0.3 is 0 Å². The van der Waals surface area contributed by atoms with Crippen molar-refractivity contribution in [1.29, 1.82) is 0 Å². The topological polar surface area (TPSA) is 85.2 Å². The minimum absolute atomic E-state index is 0.0205. The highest BCUT2D eigenvalue weighted by molar-refractivity contribution is 7.99. The van der Waals surface area contributed by atoms with E-state index in [4.69, 9.17) is 0 Å². The van der Waals surface area contributed by atoms with Crippen LogP contribution >= 0.6 is 11.8 Å². The van der Waals surface area contributed by atoms with Crippen molar-refractivity contribution < 1.29 is 22.0 Å². The van der Waals surface area contributed by atoms with Gasteiger partial charge in [0.15, 0.2) is 11.0 Å². The predicted molar refractivity (Wildman–Crippen MR) is 122 cm³/mol. The van der Waals surface area contributed by atoms with E-state index >= 15 is 0 Å². The number of benzene rings is 3. The SMILES string of the molecule is O=C1c2ccccc2S(=O)(=O)N1CCSc1nnc(-c2ccccc2)n1-c1ccc(F)cc1F. The van der Waals surface area contributed by atoms with Crippen molar-refractivity contribution in [3.8, 4) is 17.1 Å². The molecule has 2 heterocycles. The lowest BCUT2D eigenvalue weighted by molar-refractivity contribution is 0.0876. The van der Waals surface area contributed by atoms with Crippen molar-refractivity contribution in [1.82, 2.24) is 19.1 Å². The minimum Gasteiger partial charge on any atom is -0.268 e. The molecule has 4 aromatic rings. The molecule has 0 aliphatic carbocycles. The monoisotopic (exact) mass is 498 g/mol. The standard InChI is InChI=1S/C23H16F2N4O3S2/c24-16-10-11-19(18(25)14-16)29-21(15-6-2-1-3-7-15)26-27-23(29)33-13-12-28-22(30)17-8-4-5-9-20(17)34(28,31)32/h1-11,14H,12-13H2. The molecule has 1 aliphatic heterocycles. The molecule has 1 amide bonds. The maximum atomic E-state index is 14.7. The van der Waals surface area contributed by atoms with Crippen LogP contribution in [0.15, 0.2) is 82.8 Å². The largest absolute Gasteiger partial charge is 0.269 e. The van der Waals surface area contributed by atoms with Crippen LogP contribution in [-0.2, 0) is 10.0 Å². The van der Waals surface area contributed by atoms with E-state index in [0.29, 0.717) is 11.4 Å². The number of hydrogen-bond donors (Lipinski definition) is 0. The van der Waals surface area contributed by atoms with E-state index in [1.807, 2.05) is 6.07 Å². The second-order valence-corrected chi connectivity index (χ2v) is 10.2. The molecule has 3 aromatic carbocycles. The summed E-state index contributed by atoms with van der Waals surface area (Å²) < 4.78 is 56.0. The lowest BCUT2D eigenvalue weighted by atomic mass is 10.2. The van der Waals surface area contributed by atoms with E-state index in [9.17, 15) is 22.0 Å². The molecule has 11 heteroatoms. The average Bonchev–Trinajstić information content (AvgIpc) is 3.33. The zero-order valence-electron chi connectivity index (χ0n) is 17.4. The average molecular weight is 499 g/mol. The first-order chi connectivity index (χ1) is 16.4. The lowest BCUT2D eigenvalue weighted by Gasteiger charge is -2.15. The number of fused-ring (bicyclic) bond motifs is 1. The smallest absolute Gasteiger partial charge is 0.268 e.